The molecule has 0 aromatic heterocycles. The molecule has 2 nitrogen and oxygen atoms in total. The van der Waals surface area contributed by atoms with Crippen LogP contribution in [0, 0.1) is 18.2 Å². The normalized spacial score (nSPS) is 18.5. The Hall–Kier alpha value is -0.930. The van der Waals surface area contributed by atoms with Gasteiger partial charge in [0.15, 0.2) is 0 Å². The van der Waals surface area contributed by atoms with Gasteiger partial charge in [-0.05, 0) is 43.0 Å². The lowest BCUT2D eigenvalue weighted by atomic mass is 9.74. The van der Waals surface area contributed by atoms with E-state index in [0.29, 0.717) is 0 Å². The molecule has 1 aliphatic carbocycles. The van der Waals surface area contributed by atoms with E-state index in [9.17, 15) is 9.50 Å². The van der Waals surface area contributed by atoms with Crippen molar-refractivity contribution in [2.75, 3.05) is 13.2 Å². The highest BCUT2D eigenvalue weighted by Gasteiger charge is 2.30. The number of rotatable bonds is 5. The molecule has 0 radical (unpaired) electrons. The van der Waals surface area contributed by atoms with Gasteiger partial charge < -0.3 is 10.4 Å². The smallest absolute Gasteiger partial charge is 0.123 e. The fourth-order valence-electron chi connectivity index (χ4n) is 3.01. The largest absolute Gasteiger partial charge is 0.396 e. The van der Waals surface area contributed by atoms with Crippen molar-refractivity contribution < 1.29 is 9.50 Å². The molecule has 3 heteroatoms. The first kappa shape index (κ1) is 14.5. The molecular weight excluding hydrogens is 241 g/mol. The molecule has 1 saturated carbocycles. The zero-order valence-corrected chi connectivity index (χ0v) is 11.7. The first-order chi connectivity index (χ1) is 9.15. The SMILES string of the molecule is Cc1cc(F)ccc1CNCC1(CO)CCCCC1. The van der Waals surface area contributed by atoms with E-state index in [2.05, 4.69) is 5.32 Å². The highest BCUT2D eigenvalue weighted by atomic mass is 19.1. The zero-order valence-electron chi connectivity index (χ0n) is 11.7. The molecule has 19 heavy (non-hydrogen) atoms. The molecule has 0 bridgehead atoms. The molecule has 0 saturated heterocycles. The number of benzene rings is 1. The van der Waals surface area contributed by atoms with Crippen LogP contribution in [-0.2, 0) is 6.54 Å². The maximum atomic E-state index is 13.0. The number of nitrogens with one attached hydrogen (secondary N) is 1. The second kappa shape index (κ2) is 6.49. The minimum Gasteiger partial charge on any atom is -0.396 e. The molecule has 106 valence electrons. The van der Waals surface area contributed by atoms with Crippen LogP contribution in [0.5, 0.6) is 0 Å². The van der Waals surface area contributed by atoms with Crippen LogP contribution in [0.4, 0.5) is 4.39 Å². The molecule has 0 atom stereocenters. The fraction of sp³-hybridized carbons (Fsp3) is 0.625. The Kier molecular flexibility index (Phi) is 4.94. The van der Waals surface area contributed by atoms with Crippen molar-refractivity contribution in [3.8, 4) is 0 Å². The monoisotopic (exact) mass is 265 g/mol. The van der Waals surface area contributed by atoms with Gasteiger partial charge >= 0.3 is 0 Å². The Morgan fingerprint density at radius 2 is 2.00 bits per heavy atom. The molecule has 1 fully saturated rings. The van der Waals surface area contributed by atoms with Crippen LogP contribution in [-0.4, -0.2) is 18.3 Å². The van der Waals surface area contributed by atoms with Crippen LogP contribution in [0.3, 0.4) is 0 Å². The van der Waals surface area contributed by atoms with Crippen molar-refractivity contribution in [2.24, 2.45) is 5.41 Å². The van der Waals surface area contributed by atoms with E-state index in [1.165, 1.54) is 25.3 Å². The van der Waals surface area contributed by atoms with Gasteiger partial charge in [0.1, 0.15) is 5.82 Å². The van der Waals surface area contributed by atoms with Crippen LogP contribution in [0.2, 0.25) is 0 Å². The lowest BCUT2D eigenvalue weighted by Crippen LogP contribution is -2.38. The maximum Gasteiger partial charge on any atom is 0.123 e. The molecule has 2 rings (SSSR count). The van der Waals surface area contributed by atoms with Gasteiger partial charge in [-0.3, -0.25) is 0 Å². The minimum atomic E-state index is -0.180. The average Bonchev–Trinajstić information content (AvgIpc) is 2.42. The fourth-order valence-corrected chi connectivity index (χ4v) is 3.01. The molecule has 1 aromatic rings. The van der Waals surface area contributed by atoms with E-state index in [4.69, 9.17) is 0 Å². The standard InChI is InChI=1S/C16H24FNO/c1-13-9-15(17)6-5-14(13)10-18-11-16(12-19)7-3-2-4-8-16/h5-6,9,18-19H,2-4,7-8,10-12H2,1H3. The van der Waals surface area contributed by atoms with Gasteiger partial charge in [-0.1, -0.05) is 25.3 Å². The zero-order chi connectivity index (χ0) is 13.7. The summed E-state index contributed by atoms with van der Waals surface area (Å²) in [6.07, 6.45) is 5.95. The molecule has 1 aliphatic rings. The second-order valence-corrected chi connectivity index (χ2v) is 5.89. The molecule has 0 heterocycles. The van der Waals surface area contributed by atoms with Gasteiger partial charge in [0.2, 0.25) is 0 Å². The van der Waals surface area contributed by atoms with Crippen molar-refractivity contribution in [2.45, 2.75) is 45.6 Å². The second-order valence-electron chi connectivity index (χ2n) is 5.89. The van der Waals surface area contributed by atoms with E-state index in [1.54, 1.807) is 6.07 Å². The summed E-state index contributed by atoms with van der Waals surface area (Å²) in [5.41, 5.74) is 2.17. The summed E-state index contributed by atoms with van der Waals surface area (Å²) >= 11 is 0. The summed E-state index contributed by atoms with van der Waals surface area (Å²) in [5, 5.41) is 13.1. The van der Waals surface area contributed by atoms with Crippen molar-refractivity contribution in [3.05, 3.63) is 35.1 Å². The summed E-state index contributed by atoms with van der Waals surface area (Å²) in [5.74, 6) is -0.180. The van der Waals surface area contributed by atoms with E-state index < -0.39 is 0 Å². The number of hydrogen-bond donors (Lipinski definition) is 2. The van der Waals surface area contributed by atoms with Crippen LogP contribution in [0.1, 0.15) is 43.2 Å². The Bertz CT molecular complexity index is 413. The van der Waals surface area contributed by atoms with Crippen LogP contribution < -0.4 is 5.32 Å². The van der Waals surface area contributed by atoms with E-state index in [1.807, 2.05) is 13.0 Å². The van der Waals surface area contributed by atoms with E-state index in [-0.39, 0.29) is 17.8 Å². The Morgan fingerprint density at radius 3 is 2.63 bits per heavy atom. The van der Waals surface area contributed by atoms with Gasteiger partial charge in [-0.15, -0.1) is 0 Å². The summed E-state index contributed by atoms with van der Waals surface area (Å²) < 4.78 is 13.0. The molecule has 2 N–H and O–H groups in total. The van der Waals surface area contributed by atoms with E-state index >= 15 is 0 Å². The van der Waals surface area contributed by atoms with Gasteiger partial charge in [-0.2, -0.15) is 0 Å². The van der Waals surface area contributed by atoms with Gasteiger partial charge in [-0.25, -0.2) is 4.39 Å². The third kappa shape index (κ3) is 3.77. The topological polar surface area (TPSA) is 32.3 Å². The first-order valence-corrected chi connectivity index (χ1v) is 7.22. The molecule has 1 aromatic carbocycles. The summed E-state index contributed by atoms with van der Waals surface area (Å²) in [6.45, 7) is 3.79. The summed E-state index contributed by atoms with van der Waals surface area (Å²) in [4.78, 5) is 0. The molecule has 0 unspecified atom stereocenters. The van der Waals surface area contributed by atoms with Crippen molar-refractivity contribution in [1.82, 2.24) is 5.32 Å². The molecule has 0 amide bonds. The van der Waals surface area contributed by atoms with Gasteiger partial charge in [0.25, 0.3) is 0 Å². The van der Waals surface area contributed by atoms with E-state index in [0.717, 1.165) is 37.1 Å². The quantitative estimate of drug-likeness (QED) is 0.857. The Morgan fingerprint density at radius 1 is 1.26 bits per heavy atom. The Balaban J connectivity index is 1.88. The number of halogens is 1. The number of aliphatic hydroxyl groups excluding tert-OH is 1. The third-order valence-corrected chi connectivity index (χ3v) is 4.37. The number of aryl methyl sites for hydroxylation is 1. The highest BCUT2D eigenvalue weighted by Crippen LogP contribution is 2.35. The maximum absolute atomic E-state index is 13.0. The van der Waals surface area contributed by atoms with Gasteiger partial charge in [0.05, 0.1) is 0 Å². The van der Waals surface area contributed by atoms with Crippen LogP contribution in [0.15, 0.2) is 18.2 Å². The molecule has 0 aliphatic heterocycles. The lowest BCUT2D eigenvalue weighted by molar-refractivity contribution is 0.0810. The van der Waals surface area contributed by atoms with Crippen molar-refractivity contribution >= 4 is 0 Å². The number of hydrogen-bond acceptors (Lipinski definition) is 2. The summed E-state index contributed by atoms with van der Waals surface area (Å²) in [6, 6.07) is 4.91. The lowest BCUT2D eigenvalue weighted by Gasteiger charge is -2.35. The molecule has 0 spiro atoms. The van der Waals surface area contributed by atoms with Crippen LogP contribution >= 0.6 is 0 Å². The van der Waals surface area contributed by atoms with Crippen LogP contribution in [0.25, 0.3) is 0 Å². The highest BCUT2D eigenvalue weighted by molar-refractivity contribution is 5.26. The predicted octanol–water partition coefficient (Wildman–Crippen LogP) is 3.17. The minimum absolute atomic E-state index is 0.0617. The molecular formula is C16H24FNO. The predicted molar refractivity (Wildman–Crippen MR) is 75.4 cm³/mol. The average molecular weight is 265 g/mol. The summed E-state index contributed by atoms with van der Waals surface area (Å²) in [7, 11) is 0. The van der Waals surface area contributed by atoms with Crippen molar-refractivity contribution in [3.63, 3.8) is 0 Å². The van der Waals surface area contributed by atoms with Gasteiger partial charge in [0, 0.05) is 25.1 Å². The number of aliphatic hydroxyl groups is 1. The third-order valence-electron chi connectivity index (χ3n) is 4.37. The Labute approximate surface area is 115 Å². The van der Waals surface area contributed by atoms with Crippen molar-refractivity contribution in [1.29, 1.82) is 0 Å². The first-order valence-electron chi connectivity index (χ1n) is 7.22.